The highest BCUT2D eigenvalue weighted by Gasteiger charge is 2.28. The highest BCUT2D eigenvalue weighted by atomic mass is 19.3. The summed E-state index contributed by atoms with van der Waals surface area (Å²) in [5.74, 6) is -0.0598. The van der Waals surface area contributed by atoms with E-state index in [0.29, 0.717) is 0 Å². The van der Waals surface area contributed by atoms with Crippen molar-refractivity contribution in [3.05, 3.63) is 29.8 Å². The van der Waals surface area contributed by atoms with Gasteiger partial charge in [-0.15, -0.1) is 0 Å². The van der Waals surface area contributed by atoms with Crippen LogP contribution in [0.1, 0.15) is 18.0 Å². The van der Waals surface area contributed by atoms with Crippen LogP contribution in [0, 0.1) is 0 Å². The molecule has 1 aliphatic rings. The van der Waals surface area contributed by atoms with Gasteiger partial charge >= 0.3 is 0 Å². The zero-order chi connectivity index (χ0) is 12.4. The van der Waals surface area contributed by atoms with Crippen molar-refractivity contribution < 1.29 is 13.6 Å². The van der Waals surface area contributed by atoms with Crippen LogP contribution in [0.15, 0.2) is 24.3 Å². The molecule has 5 heteroatoms. The van der Waals surface area contributed by atoms with Gasteiger partial charge in [0.05, 0.1) is 6.54 Å². The number of alkyl halides is 2. The molecule has 1 N–H and O–H groups in total. The molecule has 0 radical (unpaired) electrons. The predicted molar refractivity (Wildman–Crippen MR) is 61.2 cm³/mol. The Hall–Kier alpha value is -1.49. The molecule has 1 aliphatic heterocycles. The lowest BCUT2D eigenvalue weighted by Crippen LogP contribution is -2.39. The van der Waals surface area contributed by atoms with Crippen molar-refractivity contribution in [3.8, 4) is 0 Å². The van der Waals surface area contributed by atoms with Gasteiger partial charge in [0.1, 0.15) is 0 Å². The van der Waals surface area contributed by atoms with Crippen molar-refractivity contribution in [2.45, 2.75) is 18.9 Å². The van der Waals surface area contributed by atoms with Crippen LogP contribution in [-0.2, 0) is 4.79 Å². The summed E-state index contributed by atoms with van der Waals surface area (Å²) < 4.78 is 24.4. The largest absolute Gasteiger partial charge is 0.315 e. The molecule has 0 bridgehead atoms. The Morgan fingerprint density at radius 3 is 2.88 bits per heavy atom. The zero-order valence-corrected chi connectivity index (χ0v) is 9.49. The summed E-state index contributed by atoms with van der Waals surface area (Å²) in [7, 11) is 1.70. The van der Waals surface area contributed by atoms with E-state index < -0.39 is 13.0 Å². The van der Waals surface area contributed by atoms with Gasteiger partial charge in [-0.3, -0.25) is 4.79 Å². The standard InChI is InChI=1S/C12H14F2N2O/c1-16-10-5-3-2-4-8(10)9(6-12(16)17)15-7-11(13)14/h2-5,9,11,15H,6-7H2,1H3. The van der Waals surface area contributed by atoms with Crippen molar-refractivity contribution in [1.82, 2.24) is 5.32 Å². The number of carbonyl (C=O) groups is 1. The van der Waals surface area contributed by atoms with Gasteiger partial charge in [-0.25, -0.2) is 8.78 Å². The minimum Gasteiger partial charge on any atom is -0.315 e. The molecule has 1 atom stereocenters. The van der Waals surface area contributed by atoms with E-state index in [9.17, 15) is 13.6 Å². The van der Waals surface area contributed by atoms with Crippen molar-refractivity contribution in [3.63, 3.8) is 0 Å². The number of carbonyl (C=O) groups excluding carboxylic acids is 1. The number of hydrogen-bond acceptors (Lipinski definition) is 2. The SMILES string of the molecule is CN1C(=O)CC(NCC(F)F)c2ccccc21. The van der Waals surface area contributed by atoms with E-state index in [1.807, 2.05) is 24.3 Å². The summed E-state index contributed by atoms with van der Waals surface area (Å²) in [4.78, 5) is 13.3. The van der Waals surface area contributed by atoms with E-state index in [1.165, 1.54) is 0 Å². The quantitative estimate of drug-likeness (QED) is 0.875. The van der Waals surface area contributed by atoms with Gasteiger partial charge in [-0.05, 0) is 11.6 Å². The fourth-order valence-electron chi connectivity index (χ4n) is 2.06. The summed E-state index contributed by atoms with van der Waals surface area (Å²) >= 11 is 0. The number of nitrogens with zero attached hydrogens (tertiary/aromatic N) is 1. The molecule has 92 valence electrons. The maximum absolute atomic E-state index is 12.2. The third kappa shape index (κ3) is 2.44. The normalized spacial score (nSPS) is 19.6. The fraction of sp³-hybridized carbons (Fsp3) is 0.417. The second-order valence-electron chi connectivity index (χ2n) is 4.07. The van der Waals surface area contributed by atoms with Gasteiger partial charge in [0.2, 0.25) is 5.91 Å². The van der Waals surface area contributed by atoms with Crippen molar-refractivity contribution in [1.29, 1.82) is 0 Å². The Bertz CT molecular complexity index is 423. The van der Waals surface area contributed by atoms with Crippen LogP contribution >= 0.6 is 0 Å². The number of fused-ring (bicyclic) bond motifs is 1. The van der Waals surface area contributed by atoms with Crippen LogP contribution in [0.25, 0.3) is 0 Å². The van der Waals surface area contributed by atoms with Crippen LogP contribution in [0.5, 0.6) is 0 Å². The topological polar surface area (TPSA) is 32.3 Å². The lowest BCUT2D eigenvalue weighted by atomic mass is 9.96. The van der Waals surface area contributed by atoms with Crippen LogP contribution < -0.4 is 10.2 Å². The summed E-state index contributed by atoms with van der Waals surface area (Å²) in [5, 5.41) is 2.73. The van der Waals surface area contributed by atoms with E-state index in [-0.39, 0.29) is 18.4 Å². The first-order valence-electron chi connectivity index (χ1n) is 5.46. The molecule has 0 aromatic heterocycles. The summed E-state index contributed by atoms with van der Waals surface area (Å²) in [6.45, 7) is -0.393. The summed E-state index contributed by atoms with van der Waals surface area (Å²) in [6.07, 6.45) is -2.18. The molecule has 1 aromatic rings. The van der Waals surface area contributed by atoms with Crippen LogP contribution in [0.2, 0.25) is 0 Å². The Morgan fingerprint density at radius 2 is 2.18 bits per heavy atom. The van der Waals surface area contributed by atoms with Crippen LogP contribution in [0.4, 0.5) is 14.5 Å². The molecule has 1 aromatic carbocycles. The molecule has 0 spiro atoms. The number of amides is 1. The van der Waals surface area contributed by atoms with Gasteiger partial charge in [0.25, 0.3) is 6.43 Å². The first-order chi connectivity index (χ1) is 8.09. The molecule has 17 heavy (non-hydrogen) atoms. The first kappa shape index (κ1) is 12.0. The van der Waals surface area contributed by atoms with Crippen LogP contribution in [-0.4, -0.2) is 25.9 Å². The molecule has 2 rings (SSSR count). The van der Waals surface area contributed by atoms with E-state index in [4.69, 9.17) is 0 Å². The average molecular weight is 240 g/mol. The molecule has 1 unspecified atom stereocenters. The van der Waals surface area contributed by atoms with Gasteiger partial charge in [0.15, 0.2) is 0 Å². The van der Waals surface area contributed by atoms with E-state index >= 15 is 0 Å². The minimum atomic E-state index is -2.41. The molecule has 0 aliphatic carbocycles. The highest BCUT2D eigenvalue weighted by molar-refractivity contribution is 5.96. The van der Waals surface area contributed by atoms with E-state index in [2.05, 4.69) is 5.32 Å². The van der Waals surface area contributed by atoms with Crippen molar-refractivity contribution >= 4 is 11.6 Å². The Balaban J connectivity index is 2.24. The van der Waals surface area contributed by atoms with Gasteiger partial charge in [0, 0.05) is 25.2 Å². The number of para-hydroxylation sites is 1. The molecular formula is C12H14F2N2O. The lowest BCUT2D eigenvalue weighted by molar-refractivity contribution is -0.119. The van der Waals surface area contributed by atoms with Gasteiger partial charge < -0.3 is 10.2 Å². The molecular weight excluding hydrogens is 226 g/mol. The molecule has 0 fully saturated rings. The number of benzene rings is 1. The predicted octanol–water partition coefficient (Wildman–Crippen LogP) is 1.95. The molecule has 1 amide bonds. The summed E-state index contributed by atoms with van der Waals surface area (Å²) in [5.41, 5.74) is 1.69. The fourth-order valence-corrected chi connectivity index (χ4v) is 2.06. The molecule has 1 heterocycles. The third-order valence-electron chi connectivity index (χ3n) is 2.94. The van der Waals surface area contributed by atoms with Gasteiger partial charge in [-0.2, -0.15) is 0 Å². The Morgan fingerprint density at radius 1 is 1.47 bits per heavy atom. The highest BCUT2D eigenvalue weighted by Crippen LogP contribution is 2.33. The van der Waals surface area contributed by atoms with E-state index in [0.717, 1.165) is 11.3 Å². The first-order valence-corrected chi connectivity index (χ1v) is 5.46. The maximum Gasteiger partial charge on any atom is 0.250 e. The maximum atomic E-state index is 12.2. The number of anilines is 1. The molecule has 3 nitrogen and oxygen atoms in total. The number of hydrogen-bond donors (Lipinski definition) is 1. The second-order valence-corrected chi connectivity index (χ2v) is 4.07. The smallest absolute Gasteiger partial charge is 0.250 e. The zero-order valence-electron chi connectivity index (χ0n) is 9.49. The number of halogens is 2. The Kier molecular flexibility index (Phi) is 3.38. The lowest BCUT2D eigenvalue weighted by Gasteiger charge is -2.32. The summed E-state index contributed by atoms with van der Waals surface area (Å²) in [6, 6.07) is 7.05. The second kappa shape index (κ2) is 4.79. The monoisotopic (exact) mass is 240 g/mol. The number of nitrogens with one attached hydrogen (secondary N) is 1. The Labute approximate surface area is 98.4 Å². The van der Waals surface area contributed by atoms with E-state index in [1.54, 1.807) is 11.9 Å². The van der Waals surface area contributed by atoms with Gasteiger partial charge in [-0.1, -0.05) is 18.2 Å². The molecule has 0 saturated carbocycles. The van der Waals surface area contributed by atoms with Crippen LogP contribution in [0.3, 0.4) is 0 Å². The van der Waals surface area contributed by atoms with Crippen molar-refractivity contribution in [2.24, 2.45) is 0 Å². The molecule has 0 saturated heterocycles. The number of rotatable bonds is 3. The third-order valence-corrected chi connectivity index (χ3v) is 2.94. The minimum absolute atomic E-state index is 0.0598. The van der Waals surface area contributed by atoms with Crippen molar-refractivity contribution in [2.75, 3.05) is 18.5 Å². The average Bonchev–Trinajstić information content (AvgIpc) is 2.32.